The Balaban J connectivity index is 1.92. The zero-order chi connectivity index (χ0) is 21.3. The van der Waals surface area contributed by atoms with Gasteiger partial charge in [0.2, 0.25) is 0 Å². The highest BCUT2D eigenvalue weighted by atomic mass is 16.5. The van der Waals surface area contributed by atoms with Gasteiger partial charge in [-0.2, -0.15) is 0 Å². The van der Waals surface area contributed by atoms with E-state index in [-0.39, 0.29) is 17.6 Å². The Morgan fingerprint density at radius 3 is 1.83 bits per heavy atom. The van der Waals surface area contributed by atoms with Crippen molar-refractivity contribution in [2.45, 2.75) is 11.8 Å². The number of ether oxygens (including phenoxy) is 4. The maximum absolute atomic E-state index is 13.6. The Morgan fingerprint density at radius 2 is 1.20 bits per heavy atom. The predicted octanol–water partition coefficient (Wildman–Crippen LogP) is 4.83. The van der Waals surface area contributed by atoms with Crippen molar-refractivity contribution in [3.8, 4) is 23.0 Å². The highest BCUT2D eigenvalue weighted by Gasteiger charge is 2.42. The van der Waals surface area contributed by atoms with Crippen LogP contribution in [-0.2, 0) is 0 Å². The number of hydrogen-bond acceptors (Lipinski definition) is 5. The van der Waals surface area contributed by atoms with E-state index in [9.17, 15) is 4.79 Å². The van der Waals surface area contributed by atoms with Gasteiger partial charge in [-0.25, -0.2) is 0 Å². The molecule has 0 fully saturated rings. The summed E-state index contributed by atoms with van der Waals surface area (Å²) in [6, 6.07) is 19.4. The van der Waals surface area contributed by atoms with Gasteiger partial charge in [0.05, 0.1) is 34.4 Å². The molecule has 5 nitrogen and oxygen atoms in total. The zero-order valence-corrected chi connectivity index (χ0v) is 17.5. The van der Waals surface area contributed by atoms with Crippen LogP contribution >= 0.6 is 0 Å². The van der Waals surface area contributed by atoms with E-state index in [1.165, 1.54) is 0 Å². The van der Waals surface area contributed by atoms with Crippen LogP contribution in [0.5, 0.6) is 23.0 Å². The second-order valence-electron chi connectivity index (χ2n) is 7.14. The molecule has 3 aromatic carbocycles. The lowest BCUT2D eigenvalue weighted by Gasteiger charge is -2.21. The van der Waals surface area contributed by atoms with E-state index < -0.39 is 0 Å². The second kappa shape index (κ2) is 8.11. The molecule has 0 unspecified atom stereocenters. The molecule has 30 heavy (non-hydrogen) atoms. The lowest BCUT2D eigenvalue weighted by molar-refractivity contribution is 0.0968. The van der Waals surface area contributed by atoms with Gasteiger partial charge in [0, 0.05) is 11.5 Å². The Labute approximate surface area is 176 Å². The number of rotatable bonds is 6. The molecule has 0 radical (unpaired) electrons. The van der Waals surface area contributed by atoms with Gasteiger partial charge in [0.15, 0.2) is 28.8 Å². The summed E-state index contributed by atoms with van der Waals surface area (Å²) in [5.74, 6) is 1.89. The van der Waals surface area contributed by atoms with Crippen LogP contribution in [0.25, 0.3) is 0 Å². The number of carbonyl (C=O) groups is 1. The van der Waals surface area contributed by atoms with Crippen molar-refractivity contribution in [2.24, 2.45) is 0 Å². The summed E-state index contributed by atoms with van der Waals surface area (Å²) in [5.41, 5.74) is 3.53. The van der Waals surface area contributed by atoms with Gasteiger partial charge in [-0.1, -0.05) is 36.4 Å². The topological polar surface area (TPSA) is 54.0 Å². The average molecular weight is 404 g/mol. The summed E-state index contributed by atoms with van der Waals surface area (Å²) in [4.78, 5) is 13.6. The predicted molar refractivity (Wildman–Crippen MR) is 114 cm³/mol. The fourth-order valence-corrected chi connectivity index (χ4v) is 4.29. The van der Waals surface area contributed by atoms with Gasteiger partial charge in [-0.15, -0.1) is 0 Å². The van der Waals surface area contributed by atoms with Gasteiger partial charge in [0.1, 0.15) is 0 Å². The third kappa shape index (κ3) is 3.16. The van der Waals surface area contributed by atoms with E-state index in [2.05, 4.69) is 12.1 Å². The van der Waals surface area contributed by atoms with Gasteiger partial charge in [0.25, 0.3) is 0 Å². The monoisotopic (exact) mass is 404 g/mol. The van der Waals surface area contributed by atoms with Crippen molar-refractivity contribution in [1.82, 2.24) is 0 Å². The number of Topliss-reactive ketones (excluding diaryl/α,β-unsaturated/α-hetero) is 1. The van der Waals surface area contributed by atoms with Gasteiger partial charge >= 0.3 is 0 Å². The summed E-state index contributed by atoms with van der Waals surface area (Å²) >= 11 is 0. The summed E-state index contributed by atoms with van der Waals surface area (Å²) in [7, 11) is 6.37. The van der Waals surface area contributed by atoms with Crippen molar-refractivity contribution in [3.63, 3.8) is 0 Å². The molecule has 0 saturated carbocycles. The number of hydrogen-bond donors (Lipinski definition) is 0. The molecule has 0 amide bonds. The van der Waals surface area contributed by atoms with Gasteiger partial charge < -0.3 is 18.9 Å². The van der Waals surface area contributed by atoms with Crippen LogP contribution in [0.1, 0.15) is 38.9 Å². The maximum Gasteiger partial charge on any atom is 0.171 e. The fraction of sp³-hybridized carbons (Fsp3) is 0.240. The van der Waals surface area contributed by atoms with E-state index in [1.54, 1.807) is 34.5 Å². The van der Waals surface area contributed by atoms with Crippen LogP contribution in [0.4, 0.5) is 0 Å². The Bertz CT molecular complexity index is 1070. The van der Waals surface area contributed by atoms with E-state index >= 15 is 0 Å². The van der Waals surface area contributed by atoms with Crippen molar-refractivity contribution >= 4 is 5.78 Å². The molecule has 0 aromatic heterocycles. The minimum absolute atomic E-state index is 0.0482. The van der Waals surface area contributed by atoms with Crippen LogP contribution in [0.2, 0.25) is 0 Å². The van der Waals surface area contributed by atoms with Crippen LogP contribution in [0.15, 0.2) is 60.7 Å². The van der Waals surface area contributed by atoms with Crippen LogP contribution < -0.4 is 18.9 Å². The van der Waals surface area contributed by atoms with E-state index in [0.29, 0.717) is 28.6 Å². The van der Waals surface area contributed by atoms with Crippen LogP contribution in [-0.4, -0.2) is 34.2 Å². The molecule has 3 aromatic rings. The van der Waals surface area contributed by atoms with Crippen molar-refractivity contribution < 1.29 is 23.7 Å². The molecular weight excluding hydrogens is 380 g/mol. The Hall–Kier alpha value is -3.47. The highest BCUT2D eigenvalue weighted by molar-refractivity contribution is 6.07. The van der Waals surface area contributed by atoms with Gasteiger partial charge in [-0.05, 0) is 41.0 Å². The Morgan fingerprint density at radius 1 is 0.600 bits per heavy atom. The first-order valence-corrected chi connectivity index (χ1v) is 9.70. The molecule has 1 aliphatic carbocycles. The molecule has 5 heteroatoms. The second-order valence-corrected chi connectivity index (χ2v) is 7.14. The van der Waals surface area contributed by atoms with E-state index in [1.807, 2.05) is 42.5 Å². The standard InChI is InChI=1S/C25H24O5/c1-27-19-11-10-16(12-20(19)28-2)24-23(15-8-6-5-7-9-15)17-13-21(29-3)22(30-4)14-18(17)25(24)26/h5-14,23-24H,1-4H3/t23-,24+/m1/s1. The molecule has 0 aliphatic heterocycles. The fourth-order valence-electron chi connectivity index (χ4n) is 4.29. The molecule has 0 N–H and O–H groups in total. The Kier molecular flexibility index (Phi) is 5.36. The number of methoxy groups -OCH3 is 4. The summed E-state index contributed by atoms with van der Waals surface area (Å²) in [6.07, 6.45) is 0. The SMILES string of the molecule is COc1ccc([C@@H]2C(=O)c3cc(OC)c(OC)cc3[C@H]2c2ccccc2)cc1OC. The first-order chi connectivity index (χ1) is 14.6. The smallest absolute Gasteiger partial charge is 0.171 e. The van der Waals surface area contributed by atoms with Crippen molar-refractivity contribution in [2.75, 3.05) is 28.4 Å². The summed E-state index contributed by atoms with van der Waals surface area (Å²) in [5, 5.41) is 0. The minimum Gasteiger partial charge on any atom is -0.493 e. The quantitative estimate of drug-likeness (QED) is 0.589. The van der Waals surface area contributed by atoms with Crippen LogP contribution in [0.3, 0.4) is 0 Å². The van der Waals surface area contributed by atoms with E-state index in [4.69, 9.17) is 18.9 Å². The molecule has 4 rings (SSSR count). The molecule has 154 valence electrons. The van der Waals surface area contributed by atoms with E-state index in [0.717, 1.165) is 16.7 Å². The number of ketones is 1. The zero-order valence-electron chi connectivity index (χ0n) is 17.5. The van der Waals surface area contributed by atoms with Crippen molar-refractivity contribution in [1.29, 1.82) is 0 Å². The summed E-state index contributed by atoms with van der Waals surface area (Å²) in [6.45, 7) is 0. The van der Waals surface area contributed by atoms with Gasteiger partial charge in [-0.3, -0.25) is 4.79 Å². The maximum atomic E-state index is 13.6. The number of benzene rings is 3. The normalized spacial score (nSPS) is 17.4. The van der Waals surface area contributed by atoms with Crippen LogP contribution in [0, 0.1) is 0 Å². The third-order valence-corrected chi connectivity index (χ3v) is 5.70. The molecule has 0 heterocycles. The lowest BCUT2D eigenvalue weighted by atomic mass is 9.81. The summed E-state index contributed by atoms with van der Waals surface area (Å²) < 4.78 is 21.8. The molecule has 0 saturated heterocycles. The lowest BCUT2D eigenvalue weighted by Crippen LogP contribution is -2.13. The largest absolute Gasteiger partial charge is 0.493 e. The molecule has 0 bridgehead atoms. The minimum atomic E-state index is -0.390. The molecular formula is C25H24O5. The van der Waals surface area contributed by atoms with Crippen molar-refractivity contribution in [3.05, 3.63) is 82.9 Å². The molecule has 1 aliphatic rings. The average Bonchev–Trinajstić information content (AvgIpc) is 3.09. The third-order valence-electron chi connectivity index (χ3n) is 5.70. The first-order valence-electron chi connectivity index (χ1n) is 9.70. The highest BCUT2D eigenvalue weighted by Crippen LogP contribution is 2.51. The number of carbonyl (C=O) groups excluding carboxylic acids is 1. The number of fused-ring (bicyclic) bond motifs is 1. The first kappa shape index (κ1) is 19.8. The molecule has 2 atom stereocenters. The molecule has 0 spiro atoms.